The summed E-state index contributed by atoms with van der Waals surface area (Å²) in [4.78, 5) is 12.0. The van der Waals surface area contributed by atoms with Gasteiger partial charge in [0, 0.05) is 18.7 Å². The average molecular weight is 261 g/mol. The minimum absolute atomic E-state index is 0.00815. The van der Waals surface area contributed by atoms with Gasteiger partial charge in [-0.1, -0.05) is 26.0 Å². The van der Waals surface area contributed by atoms with Crippen LogP contribution in [0.1, 0.15) is 54.9 Å². The Hall–Kier alpha value is -1.35. The second-order valence-electron chi connectivity index (χ2n) is 5.28. The van der Waals surface area contributed by atoms with E-state index in [0.29, 0.717) is 12.5 Å². The van der Waals surface area contributed by atoms with Crippen molar-refractivity contribution >= 4 is 5.91 Å². The van der Waals surface area contributed by atoms with Crippen LogP contribution in [0.15, 0.2) is 24.3 Å². The molecule has 3 nitrogen and oxygen atoms in total. The first-order chi connectivity index (χ1) is 9.20. The van der Waals surface area contributed by atoms with Gasteiger partial charge in [-0.05, 0) is 42.9 Å². The molecule has 1 amide bonds. The number of rotatable bonds is 5. The molecule has 1 aliphatic heterocycles. The van der Waals surface area contributed by atoms with Crippen LogP contribution in [0.2, 0.25) is 0 Å². The second-order valence-corrected chi connectivity index (χ2v) is 5.28. The van der Waals surface area contributed by atoms with Crippen LogP contribution in [0.25, 0.3) is 0 Å². The fourth-order valence-corrected chi connectivity index (χ4v) is 2.31. The molecule has 0 bridgehead atoms. The third-order valence-corrected chi connectivity index (χ3v) is 3.87. The molecule has 104 valence electrons. The molecule has 1 fully saturated rings. The zero-order chi connectivity index (χ0) is 13.7. The number of hydrogen-bond donors (Lipinski definition) is 1. The fourth-order valence-electron chi connectivity index (χ4n) is 2.31. The molecule has 19 heavy (non-hydrogen) atoms. The highest BCUT2D eigenvalue weighted by molar-refractivity contribution is 5.94. The van der Waals surface area contributed by atoms with Gasteiger partial charge in [0.15, 0.2) is 0 Å². The molecule has 1 N–H and O–H groups in total. The molecule has 3 heteroatoms. The first kappa shape index (κ1) is 14.1. The number of carbonyl (C=O) groups excluding carboxylic acids is 1. The van der Waals surface area contributed by atoms with Crippen LogP contribution in [0.4, 0.5) is 0 Å². The molecule has 2 rings (SSSR count). The predicted octanol–water partition coefficient (Wildman–Crippen LogP) is 3.11. The van der Waals surface area contributed by atoms with Gasteiger partial charge in [0.25, 0.3) is 5.91 Å². The van der Waals surface area contributed by atoms with Gasteiger partial charge in [0.05, 0.1) is 6.10 Å². The molecule has 0 spiro atoms. The van der Waals surface area contributed by atoms with Crippen LogP contribution in [-0.2, 0) is 4.74 Å². The van der Waals surface area contributed by atoms with Crippen molar-refractivity contribution in [3.63, 3.8) is 0 Å². The van der Waals surface area contributed by atoms with Gasteiger partial charge >= 0.3 is 0 Å². The van der Waals surface area contributed by atoms with Crippen LogP contribution < -0.4 is 5.32 Å². The highest BCUT2D eigenvalue weighted by Gasteiger charge is 2.16. The van der Waals surface area contributed by atoms with E-state index in [0.717, 1.165) is 31.4 Å². The van der Waals surface area contributed by atoms with Gasteiger partial charge in [-0.15, -0.1) is 0 Å². The van der Waals surface area contributed by atoms with Gasteiger partial charge < -0.3 is 10.1 Å². The topological polar surface area (TPSA) is 38.3 Å². The Balaban J connectivity index is 1.88. The van der Waals surface area contributed by atoms with E-state index in [1.165, 1.54) is 5.56 Å². The summed E-state index contributed by atoms with van der Waals surface area (Å²) in [7, 11) is 0. The summed E-state index contributed by atoms with van der Waals surface area (Å²) in [6, 6.07) is 7.92. The third kappa shape index (κ3) is 3.80. The molecule has 1 aromatic carbocycles. The van der Waals surface area contributed by atoms with Crippen molar-refractivity contribution < 1.29 is 9.53 Å². The summed E-state index contributed by atoms with van der Waals surface area (Å²) >= 11 is 0. The van der Waals surface area contributed by atoms with Crippen molar-refractivity contribution in [1.82, 2.24) is 5.32 Å². The molecule has 2 atom stereocenters. The number of amides is 1. The molecular formula is C16H23NO2. The molecule has 0 aromatic heterocycles. The number of benzene rings is 1. The molecule has 1 saturated heterocycles. The number of carbonyl (C=O) groups is 1. The van der Waals surface area contributed by atoms with E-state index in [2.05, 4.69) is 31.3 Å². The molecule has 0 saturated carbocycles. The number of ether oxygens (including phenoxy) is 1. The minimum atomic E-state index is -0.00815. The highest BCUT2D eigenvalue weighted by atomic mass is 16.5. The van der Waals surface area contributed by atoms with Crippen molar-refractivity contribution in [1.29, 1.82) is 0 Å². The quantitative estimate of drug-likeness (QED) is 0.884. The maximum absolute atomic E-state index is 12.0. The predicted molar refractivity (Wildman–Crippen MR) is 76.5 cm³/mol. The standard InChI is InChI=1S/C16H23NO2/c1-3-12(2)13-6-8-14(9-7-13)16(18)17-11-15-5-4-10-19-15/h6-9,12,15H,3-5,10-11H2,1-2H3,(H,17,18). The first-order valence-electron chi connectivity index (χ1n) is 7.20. The maximum atomic E-state index is 12.0. The molecule has 1 heterocycles. The second kappa shape index (κ2) is 6.71. The van der Waals surface area contributed by atoms with Crippen molar-refractivity contribution in [2.75, 3.05) is 13.2 Å². The van der Waals surface area contributed by atoms with Crippen LogP contribution in [0, 0.1) is 0 Å². The van der Waals surface area contributed by atoms with Gasteiger partial charge in [-0.25, -0.2) is 0 Å². The number of hydrogen-bond acceptors (Lipinski definition) is 2. The van der Waals surface area contributed by atoms with Gasteiger partial charge in [-0.3, -0.25) is 4.79 Å². The van der Waals surface area contributed by atoms with E-state index in [4.69, 9.17) is 4.74 Å². The zero-order valence-electron chi connectivity index (χ0n) is 11.8. The van der Waals surface area contributed by atoms with Gasteiger partial charge in [-0.2, -0.15) is 0 Å². The minimum Gasteiger partial charge on any atom is -0.376 e. The monoisotopic (exact) mass is 261 g/mol. The summed E-state index contributed by atoms with van der Waals surface area (Å²) in [6.45, 7) is 5.81. The van der Waals surface area contributed by atoms with Gasteiger partial charge in [0.1, 0.15) is 0 Å². The van der Waals surface area contributed by atoms with E-state index >= 15 is 0 Å². The molecule has 0 radical (unpaired) electrons. The average Bonchev–Trinajstić information content (AvgIpc) is 2.97. The Morgan fingerprint density at radius 1 is 1.42 bits per heavy atom. The van der Waals surface area contributed by atoms with Crippen LogP contribution in [0.3, 0.4) is 0 Å². The molecule has 2 unspecified atom stereocenters. The van der Waals surface area contributed by atoms with Crippen LogP contribution in [-0.4, -0.2) is 25.2 Å². The lowest BCUT2D eigenvalue weighted by Gasteiger charge is -2.12. The van der Waals surface area contributed by atoms with E-state index < -0.39 is 0 Å². The molecule has 1 aromatic rings. The summed E-state index contributed by atoms with van der Waals surface area (Å²) in [5.41, 5.74) is 2.02. The first-order valence-corrected chi connectivity index (χ1v) is 7.20. The van der Waals surface area contributed by atoms with E-state index in [-0.39, 0.29) is 12.0 Å². The largest absolute Gasteiger partial charge is 0.376 e. The smallest absolute Gasteiger partial charge is 0.251 e. The van der Waals surface area contributed by atoms with Gasteiger partial charge in [0.2, 0.25) is 0 Å². The van der Waals surface area contributed by atoms with Crippen molar-refractivity contribution in [2.24, 2.45) is 0 Å². The molecule has 1 aliphatic rings. The molecule has 0 aliphatic carbocycles. The Morgan fingerprint density at radius 3 is 2.74 bits per heavy atom. The van der Waals surface area contributed by atoms with Crippen LogP contribution in [0.5, 0.6) is 0 Å². The lowest BCUT2D eigenvalue weighted by Crippen LogP contribution is -2.31. The van der Waals surface area contributed by atoms with E-state index in [1.807, 2.05) is 12.1 Å². The summed E-state index contributed by atoms with van der Waals surface area (Å²) in [6.07, 6.45) is 3.46. The van der Waals surface area contributed by atoms with E-state index in [1.54, 1.807) is 0 Å². The maximum Gasteiger partial charge on any atom is 0.251 e. The highest BCUT2D eigenvalue weighted by Crippen LogP contribution is 2.18. The summed E-state index contributed by atoms with van der Waals surface area (Å²) in [5.74, 6) is 0.537. The Bertz CT molecular complexity index is 407. The third-order valence-electron chi connectivity index (χ3n) is 3.87. The summed E-state index contributed by atoms with van der Waals surface area (Å²) < 4.78 is 5.49. The zero-order valence-corrected chi connectivity index (χ0v) is 11.8. The fraction of sp³-hybridized carbons (Fsp3) is 0.562. The lowest BCUT2D eigenvalue weighted by molar-refractivity contribution is 0.0858. The van der Waals surface area contributed by atoms with Crippen molar-refractivity contribution in [2.45, 2.75) is 45.1 Å². The SMILES string of the molecule is CCC(C)c1ccc(C(=O)NCC2CCCO2)cc1. The summed E-state index contributed by atoms with van der Waals surface area (Å²) in [5, 5.41) is 2.94. The number of nitrogens with one attached hydrogen (secondary N) is 1. The Labute approximate surface area is 115 Å². The normalized spacial score (nSPS) is 20.2. The molecular weight excluding hydrogens is 238 g/mol. The Kier molecular flexibility index (Phi) is 4.97. The van der Waals surface area contributed by atoms with Crippen molar-refractivity contribution in [3.05, 3.63) is 35.4 Å². The Morgan fingerprint density at radius 2 is 2.16 bits per heavy atom. The van der Waals surface area contributed by atoms with Crippen molar-refractivity contribution in [3.8, 4) is 0 Å². The van der Waals surface area contributed by atoms with E-state index in [9.17, 15) is 4.79 Å². The lowest BCUT2D eigenvalue weighted by atomic mass is 9.97. The van der Waals surface area contributed by atoms with Crippen LogP contribution >= 0.6 is 0 Å².